The summed E-state index contributed by atoms with van der Waals surface area (Å²) in [6, 6.07) is 8.42. The number of pyridine rings is 3. The van der Waals surface area contributed by atoms with Gasteiger partial charge in [0.25, 0.3) is 0 Å². The summed E-state index contributed by atoms with van der Waals surface area (Å²) in [6.07, 6.45) is 3.57. The molecule has 0 atom stereocenters. The van der Waals surface area contributed by atoms with Gasteiger partial charge in [0.2, 0.25) is 0 Å². The molecule has 4 heterocycles. The largest absolute Gasteiger partial charge is 0.433 e. The van der Waals surface area contributed by atoms with Crippen molar-refractivity contribution in [2.45, 2.75) is 25.9 Å². The molecule has 0 aromatic carbocycles. The van der Waals surface area contributed by atoms with Gasteiger partial charge in [-0.05, 0) is 47.4 Å². The number of H-pyrrole nitrogens is 1. The zero-order valence-corrected chi connectivity index (χ0v) is 15.1. The van der Waals surface area contributed by atoms with Gasteiger partial charge in [0.05, 0.1) is 0 Å². The first-order valence-electron chi connectivity index (χ1n) is 8.77. The lowest BCUT2D eigenvalue weighted by Crippen LogP contribution is -2.07. The summed E-state index contributed by atoms with van der Waals surface area (Å²) >= 11 is 0. The van der Waals surface area contributed by atoms with Gasteiger partial charge in [0.15, 0.2) is 0 Å². The average molecular weight is 382 g/mol. The number of aromatic amines is 1. The van der Waals surface area contributed by atoms with Crippen LogP contribution < -0.4 is 0 Å². The molecular weight excluding hydrogens is 365 g/mol. The minimum Gasteiger partial charge on any atom is -0.346 e. The molecule has 4 aromatic rings. The number of alkyl halides is 3. The number of aryl methyl sites for hydroxylation is 1. The zero-order chi connectivity index (χ0) is 19.7. The van der Waals surface area contributed by atoms with Crippen LogP contribution in [0.3, 0.4) is 0 Å². The summed E-state index contributed by atoms with van der Waals surface area (Å²) in [5.74, 6) is 0. The Kier molecular flexibility index (Phi) is 4.58. The van der Waals surface area contributed by atoms with Crippen LogP contribution in [-0.4, -0.2) is 19.9 Å². The second kappa shape index (κ2) is 7.07. The summed E-state index contributed by atoms with van der Waals surface area (Å²) in [5, 5.41) is 1.10. The van der Waals surface area contributed by atoms with Crippen molar-refractivity contribution in [3.8, 4) is 0 Å². The maximum Gasteiger partial charge on any atom is 0.433 e. The standard InChI is InChI=1S/C21H17F3N4/c1-13-6-18-16(12-28-20(18)27-9-13)7-14-2-4-17(25-10-14)8-15-3-5-19(26-11-15)21(22,23)24/h2-6,9-12H,7-8H2,1H3,(H,27,28). The first-order chi connectivity index (χ1) is 13.4. The predicted molar refractivity (Wildman–Crippen MR) is 99.9 cm³/mol. The fourth-order valence-electron chi connectivity index (χ4n) is 3.10. The van der Waals surface area contributed by atoms with Crippen LogP contribution in [0.1, 0.15) is 33.6 Å². The molecule has 0 aliphatic heterocycles. The Labute approximate surface area is 159 Å². The lowest BCUT2D eigenvalue weighted by Gasteiger charge is -2.07. The van der Waals surface area contributed by atoms with Crippen LogP contribution in [-0.2, 0) is 19.0 Å². The van der Waals surface area contributed by atoms with E-state index in [1.54, 1.807) is 6.20 Å². The van der Waals surface area contributed by atoms with Gasteiger partial charge in [-0.1, -0.05) is 12.1 Å². The van der Waals surface area contributed by atoms with E-state index in [0.717, 1.165) is 45.9 Å². The van der Waals surface area contributed by atoms with E-state index in [-0.39, 0.29) is 0 Å². The second-order valence-corrected chi connectivity index (χ2v) is 6.78. The van der Waals surface area contributed by atoms with Gasteiger partial charge in [-0.2, -0.15) is 13.2 Å². The Morgan fingerprint density at radius 2 is 1.64 bits per heavy atom. The van der Waals surface area contributed by atoms with E-state index in [4.69, 9.17) is 0 Å². The summed E-state index contributed by atoms with van der Waals surface area (Å²) in [5.41, 5.74) is 4.74. The van der Waals surface area contributed by atoms with Gasteiger partial charge < -0.3 is 4.98 Å². The average Bonchev–Trinajstić information content (AvgIpc) is 3.05. The number of rotatable bonds is 4. The molecule has 1 N–H and O–H groups in total. The van der Waals surface area contributed by atoms with Crippen LogP contribution in [0.25, 0.3) is 11.0 Å². The molecule has 0 aliphatic carbocycles. The van der Waals surface area contributed by atoms with E-state index in [1.807, 2.05) is 31.5 Å². The van der Waals surface area contributed by atoms with Crippen molar-refractivity contribution in [2.24, 2.45) is 0 Å². The highest BCUT2D eigenvalue weighted by Crippen LogP contribution is 2.27. The molecule has 0 radical (unpaired) electrons. The van der Waals surface area contributed by atoms with Crippen LogP contribution in [0.2, 0.25) is 0 Å². The first kappa shape index (κ1) is 18.2. The molecule has 0 aliphatic rings. The van der Waals surface area contributed by atoms with Gasteiger partial charge in [0, 0.05) is 48.7 Å². The minimum absolute atomic E-state index is 0.432. The van der Waals surface area contributed by atoms with Crippen molar-refractivity contribution in [2.75, 3.05) is 0 Å². The van der Waals surface area contributed by atoms with Crippen LogP contribution in [0.5, 0.6) is 0 Å². The van der Waals surface area contributed by atoms with E-state index in [0.29, 0.717) is 12.0 Å². The third kappa shape index (κ3) is 3.88. The van der Waals surface area contributed by atoms with Crippen LogP contribution >= 0.6 is 0 Å². The molecule has 0 bridgehead atoms. The second-order valence-electron chi connectivity index (χ2n) is 6.78. The van der Waals surface area contributed by atoms with Crippen molar-refractivity contribution in [1.29, 1.82) is 0 Å². The van der Waals surface area contributed by atoms with Crippen molar-refractivity contribution < 1.29 is 13.2 Å². The minimum atomic E-state index is -4.42. The summed E-state index contributed by atoms with van der Waals surface area (Å²) in [6.45, 7) is 2.01. The predicted octanol–water partition coefficient (Wildman–Crippen LogP) is 4.86. The highest BCUT2D eigenvalue weighted by Gasteiger charge is 2.31. The van der Waals surface area contributed by atoms with Crippen molar-refractivity contribution in [3.63, 3.8) is 0 Å². The number of nitrogens with zero attached hydrogens (tertiary/aromatic N) is 3. The van der Waals surface area contributed by atoms with E-state index in [1.165, 1.54) is 12.3 Å². The normalized spacial score (nSPS) is 11.9. The molecule has 0 unspecified atom stereocenters. The molecule has 0 saturated carbocycles. The summed E-state index contributed by atoms with van der Waals surface area (Å²) < 4.78 is 37.8. The molecule has 0 saturated heterocycles. The fraction of sp³-hybridized carbons (Fsp3) is 0.190. The van der Waals surface area contributed by atoms with Crippen molar-refractivity contribution >= 4 is 11.0 Å². The van der Waals surface area contributed by atoms with Gasteiger partial charge in [0.1, 0.15) is 11.3 Å². The maximum absolute atomic E-state index is 12.6. The fourth-order valence-corrected chi connectivity index (χ4v) is 3.10. The summed E-state index contributed by atoms with van der Waals surface area (Å²) in [4.78, 5) is 15.5. The van der Waals surface area contributed by atoms with Crippen molar-refractivity contribution in [3.05, 3.63) is 88.8 Å². The smallest absolute Gasteiger partial charge is 0.346 e. The SMILES string of the molecule is Cc1cnc2[nH]cc(Cc3ccc(Cc4ccc(C(F)(F)F)nc4)nc3)c2c1. The molecular formula is C21H17F3N4. The lowest BCUT2D eigenvalue weighted by atomic mass is 10.0. The molecule has 4 rings (SSSR count). The number of hydrogen-bond acceptors (Lipinski definition) is 3. The Bertz CT molecular complexity index is 1100. The lowest BCUT2D eigenvalue weighted by molar-refractivity contribution is -0.141. The molecule has 0 spiro atoms. The van der Waals surface area contributed by atoms with E-state index < -0.39 is 11.9 Å². The number of halogens is 3. The number of fused-ring (bicyclic) bond motifs is 1. The van der Waals surface area contributed by atoms with E-state index in [2.05, 4.69) is 26.0 Å². The molecule has 4 nitrogen and oxygen atoms in total. The molecule has 0 fully saturated rings. The van der Waals surface area contributed by atoms with Crippen LogP contribution in [0.4, 0.5) is 13.2 Å². The Balaban J connectivity index is 1.47. The van der Waals surface area contributed by atoms with Gasteiger partial charge in [-0.3, -0.25) is 9.97 Å². The van der Waals surface area contributed by atoms with Crippen LogP contribution in [0.15, 0.2) is 55.1 Å². The third-order valence-electron chi connectivity index (χ3n) is 4.53. The van der Waals surface area contributed by atoms with E-state index in [9.17, 15) is 13.2 Å². The van der Waals surface area contributed by atoms with Gasteiger partial charge in [-0.25, -0.2) is 4.98 Å². The number of hydrogen-bond donors (Lipinski definition) is 1. The molecule has 28 heavy (non-hydrogen) atoms. The van der Waals surface area contributed by atoms with Crippen LogP contribution in [0, 0.1) is 6.92 Å². The highest BCUT2D eigenvalue weighted by molar-refractivity contribution is 5.80. The first-order valence-corrected chi connectivity index (χ1v) is 8.77. The zero-order valence-electron chi connectivity index (χ0n) is 15.1. The molecule has 7 heteroatoms. The van der Waals surface area contributed by atoms with Gasteiger partial charge in [-0.15, -0.1) is 0 Å². The third-order valence-corrected chi connectivity index (χ3v) is 4.53. The Morgan fingerprint density at radius 1 is 0.893 bits per heavy atom. The molecule has 0 amide bonds. The van der Waals surface area contributed by atoms with Gasteiger partial charge >= 0.3 is 6.18 Å². The quantitative estimate of drug-likeness (QED) is 0.548. The maximum atomic E-state index is 12.6. The van der Waals surface area contributed by atoms with Crippen molar-refractivity contribution in [1.82, 2.24) is 19.9 Å². The Hall–Kier alpha value is -3.22. The number of nitrogens with one attached hydrogen (secondary N) is 1. The Morgan fingerprint density at radius 3 is 2.32 bits per heavy atom. The van der Waals surface area contributed by atoms with E-state index >= 15 is 0 Å². The monoisotopic (exact) mass is 382 g/mol. The number of aromatic nitrogens is 4. The summed E-state index contributed by atoms with van der Waals surface area (Å²) in [7, 11) is 0. The molecule has 4 aromatic heterocycles. The topological polar surface area (TPSA) is 54.5 Å². The highest BCUT2D eigenvalue weighted by atomic mass is 19.4. The molecule has 142 valence electrons.